The van der Waals surface area contributed by atoms with E-state index in [0.29, 0.717) is 12.8 Å². The lowest BCUT2D eigenvalue weighted by molar-refractivity contribution is -0.106. The first-order chi connectivity index (χ1) is 10.7. The Morgan fingerprint density at radius 2 is 1.09 bits per heavy atom. The minimum Gasteiger partial charge on any atom is -0.328 e. The summed E-state index contributed by atoms with van der Waals surface area (Å²) in [5.74, 6) is -0.742. The van der Waals surface area contributed by atoms with Crippen molar-refractivity contribution >= 4 is 35.8 Å². The largest absolute Gasteiger partial charge is 0.328 e. The van der Waals surface area contributed by atoms with Crippen molar-refractivity contribution in [2.45, 2.75) is 0 Å². The van der Waals surface area contributed by atoms with Gasteiger partial charge in [0, 0.05) is 11.1 Å². The molecule has 2 amide bonds. The third-order valence-electron chi connectivity index (χ3n) is 3.50. The fourth-order valence-corrected chi connectivity index (χ4v) is 2.59. The zero-order valence-electron chi connectivity index (χ0n) is 11.3. The number of carbonyl (C=O) groups excluding carboxylic acids is 4. The number of ketones is 2. The first-order valence-corrected chi connectivity index (χ1v) is 6.45. The zero-order valence-corrected chi connectivity index (χ0v) is 11.3. The van der Waals surface area contributed by atoms with Gasteiger partial charge in [0.1, 0.15) is 0 Å². The summed E-state index contributed by atoms with van der Waals surface area (Å²) >= 11 is 0. The highest BCUT2D eigenvalue weighted by Gasteiger charge is 2.33. The van der Waals surface area contributed by atoms with Crippen molar-refractivity contribution in [1.29, 1.82) is 0 Å². The summed E-state index contributed by atoms with van der Waals surface area (Å²) in [6.07, 6.45) is 0.863. The van der Waals surface area contributed by atoms with Gasteiger partial charge >= 0.3 is 0 Å². The van der Waals surface area contributed by atoms with Gasteiger partial charge in [-0.3, -0.25) is 19.2 Å². The van der Waals surface area contributed by atoms with E-state index in [-0.39, 0.29) is 45.2 Å². The predicted octanol–water partition coefficient (Wildman–Crippen LogP) is 1.60. The lowest BCUT2D eigenvalue weighted by Crippen LogP contribution is -2.24. The second-order valence-electron chi connectivity index (χ2n) is 4.64. The molecule has 0 unspecified atom stereocenters. The Balaban J connectivity index is 2.33. The molecule has 0 heterocycles. The van der Waals surface area contributed by atoms with Crippen LogP contribution in [0.3, 0.4) is 0 Å². The van der Waals surface area contributed by atoms with Crippen LogP contribution in [-0.4, -0.2) is 24.4 Å². The van der Waals surface area contributed by atoms with E-state index >= 15 is 0 Å². The molecule has 2 aromatic carbocycles. The number of hydrogen-bond acceptors (Lipinski definition) is 4. The van der Waals surface area contributed by atoms with Crippen molar-refractivity contribution in [3.05, 3.63) is 58.7 Å². The maximum Gasteiger partial charge on any atom is 0.211 e. The van der Waals surface area contributed by atoms with Gasteiger partial charge in [0.2, 0.25) is 12.8 Å². The highest BCUT2D eigenvalue weighted by atomic mass is 16.1. The van der Waals surface area contributed by atoms with Gasteiger partial charge in [0.05, 0.1) is 22.5 Å². The molecule has 0 aliphatic heterocycles. The Bertz CT molecular complexity index is 759. The molecule has 0 bridgehead atoms. The molecule has 0 aromatic heterocycles. The average molecular weight is 294 g/mol. The molecule has 2 aromatic rings. The molecule has 2 N–H and O–H groups in total. The van der Waals surface area contributed by atoms with Gasteiger partial charge in [0.15, 0.2) is 11.6 Å². The van der Waals surface area contributed by atoms with Crippen molar-refractivity contribution in [2.75, 3.05) is 10.6 Å². The lowest BCUT2D eigenvalue weighted by atomic mass is 9.82. The molecular formula is C16H10N2O4. The molecule has 6 nitrogen and oxygen atoms in total. The van der Waals surface area contributed by atoms with Crippen LogP contribution in [0.25, 0.3) is 0 Å². The highest BCUT2D eigenvalue weighted by Crippen LogP contribution is 2.36. The summed E-state index contributed by atoms with van der Waals surface area (Å²) in [6.45, 7) is 0. The van der Waals surface area contributed by atoms with Gasteiger partial charge in [-0.25, -0.2) is 0 Å². The van der Waals surface area contributed by atoms with Crippen LogP contribution in [0.2, 0.25) is 0 Å². The molecule has 6 heteroatoms. The van der Waals surface area contributed by atoms with E-state index in [9.17, 15) is 19.2 Å². The predicted molar refractivity (Wildman–Crippen MR) is 79.1 cm³/mol. The molecule has 22 heavy (non-hydrogen) atoms. The fourth-order valence-electron chi connectivity index (χ4n) is 2.59. The third kappa shape index (κ3) is 1.89. The minimum absolute atomic E-state index is 0.0858. The van der Waals surface area contributed by atoms with Crippen molar-refractivity contribution < 1.29 is 19.2 Å². The van der Waals surface area contributed by atoms with Crippen molar-refractivity contribution in [2.24, 2.45) is 0 Å². The zero-order chi connectivity index (χ0) is 15.7. The van der Waals surface area contributed by atoms with Crippen LogP contribution in [0.5, 0.6) is 0 Å². The molecule has 3 rings (SSSR count). The summed E-state index contributed by atoms with van der Waals surface area (Å²) in [5.41, 5.74) is 1.18. The van der Waals surface area contributed by atoms with E-state index in [1.807, 2.05) is 0 Å². The quantitative estimate of drug-likeness (QED) is 0.715. The van der Waals surface area contributed by atoms with E-state index in [0.717, 1.165) is 0 Å². The number of fused-ring (bicyclic) bond motifs is 2. The van der Waals surface area contributed by atoms with Crippen molar-refractivity contribution in [3.63, 3.8) is 0 Å². The Labute approximate surface area is 125 Å². The van der Waals surface area contributed by atoms with Crippen LogP contribution in [0.4, 0.5) is 11.4 Å². The van der Waals surface area contributed by atoms with Crippen LogP contribution >= 0.6 is 0 Å². The number of carbonyl (C=O) groups is 4. The highest BCUT2D eigenvalue weighted by molar-refractivity contribution is 6.32. The Hall–Kier alpha value is -3.28. The number of nitrogens with one attached hydrogen (secondary N) is 2. The second kappa shape index (κ2) is 5.25. The molecule has 0 spiro atoms. The fraction of sp³-hybridized carbons (Fsp3) is 0. The summed E-state index contributed by atoms with van der Waals surface area (Å²) in [7, 11) is 0. The van der Waals surface area contributed by atoms with Crippen LogP contribution < -0.4 is 10.6 Å². The smallest absolute Gasteiger partial charge is 0.211 e. The van der Waals surface area contributed by atoms with E-state index < -0.39 is 0 Å². The first-order valence-electron chi connectivity index (χ1n) is 6.45. The van der Waals surface area contributed by atoms with Crippen molar-refractivity contribution in [1.82, 2.24) is 0 Å². The second-order valence-corrected chi connectivity index (χ2v) is 4.64. The Morgan fingerprint density at radius 3 is 1.45 bits per heavy atom. The molecular weight excluding hydrogens is 284 g/mol. The van der Waals surface area contributed by atoms with Gasteiger partial charge in [-0.1, -0.05) is 24.3 Å². The SMILES string of the molecule is O=CNc1ccc(NC=O)c2c1C(=O)c1ccccc1C2=O. The Morgan fingerprint density at radius 1 is 0.682 bits per heavy atom. The topological polar surface area (TPSA) is 92.3 Å². The first kappa shape index (κ1) is 13.7. The number of benzene rings is 2. The monoisotopic (exact) mass is 294 g/mol. The maximum absolute atomic E-state index is 12.7. The third-order valence-corrected chi connectivity index (χ3v) is 3.50. The number of rotatable bonds is 4. The van der Waals surface area contributed by atoms with E-state index in [1.54, 1.807) is 24.3 Å². The van der Waals surface area contributed by atoms with Gasteiger partial charge < -0.3 is 10.6 Å². The van der Waals surface area contributed by atoms with Gasteiger partial charge in [-0.05, 0) is 12.1 Å². The molecule has 1 aliphatic rings. The van der Waals surface area contributed by atoms with Crippen molar-refractivity contribution in [3.8, 4) is 0 Å². The summed E-state index contributed by atoms with van der Waals surface area (Å²) in [4.78, 5) is 46.8. The molecule has 0 fully saturated rings. The molecule has 1 aliphatic carbocycles. The standard InChI is InChI=1S/C16H10N2O4/c19-7-17-11-5-6-12(18-8-20)14-13(11)15(21)9-3-1-2-4-10(9)16(14)22/h1-8H,(H,17,19)(H,18,20). The van der Waals surface area contributed by atoms with Gasteiger partial charge in [0.25, 0.3) is 0 Å². The van der Waals surface area contributed by atoms with Crippen LogP contribution in [-0.2, 0) is 9.59 Å². The van der Waals surface area contributed by atoms with Crippen LogP contribution in [0.1, 0.15) is 31.8 Å². The van der Waals surface area contributed by atoms with E-state index in [1.165, 1.54) is 12.1 Å². The van der Waals surface area contributed by atoms with Crippen LogP contribution in [0.15, 0.2) is 36.4 Å². The molecule has 0 saturated carbocycles. The average Bonchev–Trinajstić information content (AvgIpc) is 2.54. The number of anilines is 2. The molecule has 108 valence electrons. The number of amides is 2. The Kier molecular flexibility index (Phi) is 3.27. The summed E-state index contributed by atoms with van der Waals surface area (Å²) in [5, 5.41) is 4.83. The maximum atomic E-state index is 12.7. The minimum atomic E-state index is -0.371. The molecule has 0 radical (unpaired) electrons. The molecule has 0 atom stereocenters. The van der Waals surface area contributed by atoms with Gasteiger partial charge in [-0.2, -0.15) is 0 Å². The molecule has 0 saturated heterocycles. The van der Waals surface area contributed by atoms with E-state index in [4.69, 9.17) is 0 Å². The van der Waals surface area contributed by atoms with E-state index in [2.05, 4.69) is 10.6 Å². The normalized spacial score (nSPS) is 12.2. The lowest BCUT2D eigenvalue weighted by Gasteiger charge is -2.22. The summed E-state index contributed by atoms with van der Waals surface area (Å²) < 4.78 is 0. The number of hydrogen-bond donors (Lipinski definition) is 2. The summed E-state index contributed by atoms with van der Waals surface area (Å²) in [6, 6.07) is 9.38. The van der Waals surface area contributed by atoms with Gasteiger partial charge in [-0.15, -0.1) is 0 Å². The van der Waals surface area contributed by atoms with Crippen LogP contribution in [0, 0.1) is 0 Å².